The summed E-state index contributed by atoms with van der Waals surface area (Å²) in [5, 5.41) is 1.97. The third kappa shape index (κ3) is 5.69. The second-order valence-corrected chi connectivity index (χ2v) is 7.06. The molecule has 6 heteroatoms. The monoisotopic (exact) mass is 395 g/mol. The summed E-state index contributed by atoms with van der Waals surface area (Å²) in [6.07, 6.45) is 0. The van der Waals surface area contributed by atoms with E-state index in [4.69, 9.17) is 4.74 Å². The highest BCUT2D eigenvalue weighted by molar-refractivity contribution is 8.00. The number of carbonyl (C=O) groups is 2. The Kier molecular flexibility index (Phi) is 6.81. The van der Waals surface area contributed by atoms with Crippen molar-refractivity contribution in [3.8, 4) is 0 Å². The van der Waals surface area contributed by atoms with Crippen molar-refractivity contribution in [2.24, 2.45) is 0 Å². The van der Waals surface area contributed by atoms with E-state index in [1.54, 1.807) is 0 Å². The summed E-state index contributed by atoms with van der Waals surface area (Å²) in [6.45, 7) is -0.422. The topological polar surface area (TPSA) is 55.4 Å². The molecule has 0 radical (unpaired) electrons. The van der Waals surface area contributed by atoms with E-state index in [9.17, 15) is 14.0 Å². The Bertz CT molecular complexity index is 918. The molecule has 142 valence electrons. The van der Waals surface area contributed by atoms with Crippen LogP contribution in [0, 0.1) is 5.82 Å². The van der Waals surface area contributed by atoms with Crippen LogP contribution in [0.4, 0.5) is 10.1 Å². The van der Waals surface area contributed by atoms with Gasteiger partial charge in [-0.25, -0.2) is 4.39 Å². The largest absolute Gasteiger partial charge is 0.454 e. The first-order valence-electron chi connectivity index (χ1n) is 8.60. The first-order valence-corrected chi connectivity index (χ1v) is 9.48. The summed E-state index contributed by atoms with van der Waals surface area (Å²) < 4.78 is 18.2. The van der Waals surface area contributed by atoms with Gasteiger partial charge < -0.3 is 10.1 Å². The fraction of sp³-hybridized carbons (Fsp3) is 0.0909. The highest BCUT2D eigenvalue weighted by atomic mass is 32.2. The molecule has 0 saturated heterocycles. The maximum atomic E-state index is 12.9. The van der Waals surface area contributed by atoms with Gasteiger partial charge in [-0.2, -0.15) is 0 Å². The third-order valence-corrected chi connectivity index (χ3v) is 5.03. The molecular weight excluding hydrogens is 377 g/mol. The van der Waals surface area contributed by atoms with Crippen LogP contribution in [0.5, 0.6) is 0 Å². The molecule has 0 aliphatic heterocycles. The van der Waals surface area contributed by atoms with E-state index in [0.29, 0.717) is 5.69 Å². The van der Waals surface area contributed by atoms with Crippen molar-refractivity contribution in [3.05, 3.63) is 96.3 Å². The molecule has 1 N–H and O–H groups in total. The maximum absolute atomic E-state index is 12.9. The van der Waals surface area contributed by atoms with Crippen molar-refractivity contribution in [1.82, 2.24) is 0 Å². The van der Waals surface area contributed by atoms with Crippen LogP contribution < -0.4 is 5.32 Å². The molecule has 3 aromatic carbocycles. The normalized spacial score (nSPS) is 11.5. The second kappa shape index (κ2) is 9.71. The molecule has 0 aromatic heterocycles. The number of thioether (sulfide) groups is 1. The molecule has 0 fully saturated rings. The molecular formula is C22H18FNO3S. The predicted octanol–water partition coefficient (Wildman–Crippen LogP) is 4.84. The zero-order chi connectivity index (χ0) is 19.8. The van der Waals surface area contributed by atoms with Crippen LogP contribution in [-0.4, -0.2) is 18.5 Å². The van der Waals surface area contributed by atoms with Crippen LogP contribution in [0.3, 0.4) is 0 Å². The number of rotatable bonds is 7. The van der Waals surface area contributed by atoms with Gasteiger partial charge in [0.2, 0.25) is 0 Å². The molecule has 28 heavy (non-hydrogen) atoms. The van der Waals surface area contributed by atoms with E-state index < -0.39 is 29.6 Å². The number of benzene rings is 3. The van der Waals surface area contributed by atoms with Gasteiger partial charge in [-0.1, -0.05) is 48.5 Å². The van der Waals surface area contributed by atoms with E-state index in [2.05, 4.69) is 5.32 Å². The van der Waals surface area contributed by atoms with Crippen molar-refractivity contribution in [3.63, 3.8) is 0 Å². The lowest BCUT2D eigenvalue weighted by atomic mass is 10.1. The molecule has 3 rings (SSSR count). The lowest BCUT2D eigenvalue weighted by Crippen LogP contribution is -2.23. The van der Waals surface area contributed by atoms with Gasteiger partial charge in [0.1, 0.15) is 11.1 Å². The number of esters is 1. The highest BCUT2D eigenvalue weighted by Gasteiger charge is 2.24. The lowest BCUT2D eigenvalue weighted by molar-refractivity contribution is -0.146. The van der Waals surface area contributed by atoms with Crippen LogP contribution in [0.2, 0.25) is 0 Å². The Hall–Kier alpha value is -3.12. The van der Waals surface area contributed by atoms with Gasteiger partial charge in [0, 0.05) is 10.6 Å². The standard InChI is InChI=1S/C22H18FNO3S/c23-17-11-13-18(14-12-17)24-20(25)15-27-22(26)21(16-7-3-1-4-8-16)28-19-9-5-2-6-10-19/h1-14,21H,15H2,(H,24,25)/t21-/m0/s1. The van der Waals surface area contributed by atoms with Crippen LogP contribution in [0.25, 0.3) is 0 Å². The molecule has 0 bridgehead atoms. The summed E-state index contributed by atoms with van der Waals surface area (Å²) in [6, 6.07) is 24.1. The van der Waals surface area contributed by atoms with Gasteiger partial charge in [-0.15, -0.1) is 11.8 Å². The van der Waals surface area contributed by atoms with Crippen molar-refractivity contribution in [1.29, 1.82) is 0 Å². The van der Waals surface area contributed by atoms with Crippen molar-refractivity contribution < 1.29 is 18.7 Å². The van der Waals surface area contributed by atoms with Crippen LogP contribution in [0.1, 0.15) is 10.8 Å². The number of nitrogens with one attached hydrogen (secondary N) is 1. The molecule has 3 aromatic rings. The fourth-order valence-electron chi connectivity index (χ4n) is 2.46. The van der Waals surface area contributed by atoms with Crippen molar-refractivity contribution >= 4 is 29.3 Å². The van der Waals surface area contributed by atoms with Gasteiger partial charge in [-0.05, 0) is 42.0 Å². The van der Waals surface area contributed by atoms with Gasteiger partial charge in [0.25, 0.3) is 5.91 Å². The molecule has 0 saturated carbocycles. The molecule has 1 atom stereocenters. The maximum Gasteiger partial charge on any atom is 0.324 e. The second-order valence-electron chi connectivity index (χ2n) is 5.88. The zero-order valence-corrected chi connectivity index (χ0v) is 15.7. The highest BCUT2D eigenvalue weighted by Crippen LogP contribution is 2.36. The van der Waals surface area contributed by atoms with E-state index in [1.807, 2.05) is 60.7 Å². The third-order valence-electron chi connectivity index (χ3n) is 3.79. The first kappa shape index (κ1) is 19.6. The van der Waals surface area contributed by atoms with Gasteiger partial charge in [-0.3, -0.25) is 9.59 Å². The minimum Gasteiger partial charge on any atom is -0.454 e. The number of hydrogen-bond donors (Lipinski definition) is 1. The Labute approximate surface area is 166 Å². The summed E-state index contributed by atoms with van der Waals surface area (Å²) in [5.74, 6) is -1.39. The van der Waals surface area contributed by atoms with Gasteiger partial charge >= 0.3 is 5.97 Å². The summed E-state index contributed by atoms with van der Waals surface area (Å²) in [5.41, 5.74) is 1.22. The number of hydrogen-bond acceptors (Lipinski definition) is 4. The summed E-state index contributed by atoms with van der Waals surface area (Å²) >= 11 is 1.36. The molecule has 0 spiro atoms. The first-order chi connectivity index (χ1) is 13.6. The number of carbonyl (C=O) groups excluding carboxylic acids is 2. The SMILES string of the molecule is O=C(COC(=O)[C@@H](Sc1ccccc1)c1ccccc1)Nc1ccc(F)cc1. The molecule has 4 nitrogen and oxygen atoms in total. The predicted molar refractivity (Wildman–Crippen MR) is 107 cm³/mol. The quantitative estimate of drug-likeness (QED) is 0.459. The minimum absolute atomic E-state index is 0.395. The van der Waals surface area contributed by atoms with E-state index in [0.717, 1.165) is 10.5 Å². The number of halogens is 1. The average Bonchev–Trinajstić information content (AvgIpc) is 2.73. The molecule has 0 unspecified atom stereocenters. The van der Waals surface area contributed by atoms with Crippen molar-refractivity contribution in [2.75, 3.05) is 11.9 Å². The van der Waals surface area contributed by atoms with Crippen molar-refractivity contribution in [2.45, 2.75) is 10.1 Å². The zero-order valence-electron chi connectivity index (χ0n) is 14.9. The summed E-state index contributed by atoms with van der Waals surface area (Å²) in [7, 11) is 0. The number of anilines is 1. The Morgan fingerprint density at radius 2 is 1.50 bits per heavy atom. The van der Waals surface area contributed by atoms with Gasteiger partial charge in [0.15, 0.2) is 6.61 Å². The Balaban J connectivity index is 1.64. The average molecular weight is 395 g/mol. The minimum atomic E-state index is -0.595. The van der Waals surface area contributed by atoms with E-state index in [-0.39, 0.29) is 0 Å². The van der Waals surface area contributed by atoms with E-state index >= 15 is 0 Å². The molecule has 0 aliphatic carbocycles. The fourth-order valence-corrected chi connectivity index (χ4v) is 3.50. The smallest absolute Gasteiger partial charge is 0.324 e. The van der Waals surface area contributed by atoms with Crippen LogP contribution >= 0.6 is 11.8 Å². The van der Waals surface area contributed by atoms with Gasteiger partial charge in [0.05, 0.1) is 0 Å². The Morgan fingerprint density at radius 3 is 2.14 bits per heavy atom. The van der Waals surface area contributed by atoms with Crippen LogP contribution in [0.15, 0.2) is 89.8 Å². The summed E-state index contributed by atoms with van der Waals surface area (Å²) in [4.78, 5) is 25.6. The molecule has 0 aliphatic rings. The number of ether oxygens (including phenoxy) is 1. The molecule has 0 heterocycles. The lowest BCUT2D eigenvalue weighted by Gasteiger charge is -2.16. The molecule has 1 amide bonds. The number of amides is 1. The van der Waals surface area contributed by atoms with E-state index in [1.165, 1.54) is 36.0 Å². The Morgan fingerprint density at radius 1 is 0.893 bits per heavy atom. The van der Waals surface area contributed by atoms with Crippen LogP contribution in [-0.2, 0) is 14.3 Å².